The first-order valence-corrected chi connectivity index (χ1v) is 11.4. The number of amidine groups is 1. The van der Waals surface area contributed by atoms with Gasteiger partial charge in [0.05, 0.1) is 17.9 Å². The van der Waals surface area contributed by atoms with Gasteiger partial charge in [-0.05, 0) is 31.4 Å². The fourth-order valence-electron chi connectivity index (χ4n) is 4.62. The van der Waals surface area contributed by atoms with Crippen molar-refractivity contribution in [1.29, 1.82) is 0 Å². The van der Waals surface area contributed by atoms with Gasteiger partial charge in [-0.2, -0.15) is 0 Å². The Balaban J connectivity index is 1.39. The largest absolute Gasteiger partial charge is 0.354 e. The minimum Gasteiger partial charge on any atom is -0.354 e. The number of fused-ring (bicyclic) bond motifs is 2. The summed E-state index contributed by atoms with van der Waals surface area (Å²) in [5, 5.41) is 4.23. The van der Waals surface area contributed by atoms with Gasteiger partial charge in [-0.1, -0.05) is 29.8 Å². The lowest BCUT2D eigenvalue weighted by Gasteiger charge is -2.35. The molecule has 4 aliphatic rings. The molecule has 0 bridgehead atoms. The van der Waals surface area contributed by atoms with E-state index in [1.807, 2.05) is 30.5 Å². The lowest BCUT2D eigenvalue weighted by molar-refractivity contribution is 0.247. The van der Waals surface area contributed by atoms with Crippen LogP contribution in [0.2, 0.25) is 5.02 Å². The lowest BCUT2D eigenvalue weighted by atomic mass is 10.0. The maximum absolute atomic E-state index is 6.57. The first kappa shape index (κ1) is 19.0. The zero-order chi connectivity index (χ0) is 20.9. The number of pyridine rings is 1. The van der Waals surface area contributed by atoms with Gasteiger partial charge in [0.15, 0.2) is 5.84 Å². The minimum absolute atomic E-state index is 0.674. The van der Waals surface area contributed by atoms with Crippen molar-refractivity contribution in [1.82, 2.24) is 9.88 Å². The maximum atomic E-state index is 6.57. The van der Waals surface area contributed by atoms with E-state index in [9.17, 15) is 0 Å². The monoisotopic (exact) mass is 432 g/mol. The van der Waals surface area contributed by atoms with Crippen molar-refractivity contribution in [3.05, 3.63) is 63.9 Å². The van der Waals surface area contributed by atoms with Crippen LogP contribution in [0.5, 0.6) is 0 Å². The SMILES string of the molecule is CC1=C2N=C(c3ccccc3Cl)c3cnc(N4CCN(C5CC5)CC4)cc3NC2=NC1. The number of hydrogen-bond acceptors (Lipinski definition) is 6. The van der Waals surface area contributed by atoms with Crippen molar-refractivity contribution < 1.29 is 0 Å². The third-order valence-corrected chi connectivity index (χ3v) is 6.88. The average Bonchev–Trinajstić information content (AvgIpc) is 3.60. The summed E-state index contributed by atoms with van der Waals surface area (Å²) in [6.45, 7) is 7.01. The fourth-order valence-corrected chi connectivity index (χ4v) is 4.85. The molecule has 1 N–H and O–H groups in total. The molecule has 1 saturated carbocycles. The Morgan fingerprint density at radius 2 is 1.87 bits per heavy atom. The van der Waals surface area contributed by atoms with Gasteiger partial charge >= 0.3 is 0 Å². The highest BCUT2D eigenvalue weighted by molar-refractivity contribution is 6.36. The van der Waals surface area contributed by atoms with Crippen LogP contribution in [0.1, 0.15) is 30.9 Å². The zero-order valence-corrected chi connectivity index (χ0v) is 18.4. The summed E-state index contributed by atoms with van der Waals surface area (Å²) in [7, 11) is 0. The Bertz CT molecular complexity index is 1140. The van der Waals surface area contributed by atoms with Crippen LogP contribution >= 0.6 is 11.6 Å². The van der Waals surface area contributed by atoms with E-state index in [2.05, 4.69) is 33.1 Å². The number of nitrogens with one attached hydrogen (secondary N) is 1. The summed E-state index contributed by atoms with van der Waals surface area (Å²) >= 11 is 6.57. The van der Waals surface area contributed by atoms with E-state index >= 15 is 0 Å². The molecule has 6 nitrogen and oxygen atoms in total. The van der Waals surface area contributed by atoms with E-state index in [1.165, 1.54) is 12.8 Å². The molecule has 0 spiro atoms. The minimum atomic E-state index is 0.674. The van der Waals surface area contributed by atoms with Crippen LogP contribution in [0.3, 0.4) is 0 Å². The Morgan fingerprint density at radius 1 is 1.06 bits per heavy atom. The second-order valence-electron chi connectivity index (χ2n) is 8.70. The van der Waals surface area contributed by atoms with Crippen LogP contribution in [0.25, 0.3) is 0 Å². The number of anilines is 2. The highest BCUT2D eigenvalue weighted by atomic mass is 35.5. The molecular weight excluding hydrogens is 408 g/mol. The number of piperazine rings is 1. The maximum Gasteiger partial charge on any atom is 0.152 e. The molecule has 0 amide bonds. The standard InChI is InChI=1S/C24H25ClN6/c1-15-13-27-24-22(15)29-23(17-4-2-3-5-19(17)25)18-14-26-21(12-20(18)28-24)31-10-8-30(9-11-31)16-6-7-16/h2-5,12,14,16H,6-11,13H2,1H3,(H,27,28). The molecule has 158 valence electrons. The second kappa shape index (κ2) is 7.46. The molecule has 6 rings (SSSR count). The number of hydrogen-bond donors (Lipinski definition) is 1. The van der Waals surface area contributed by atoms with E-state index in [0.717, 1.165) is 77.7 Å². The molecule has 1 aliphatic carbocycles. The van der Waals surface area contributed by atoms with Crippen molar-refractivity contribution in [2.45, 2.75) is 25.8 Å². The number of rotatable bonds is 3. The first-order chi connectivity index (χ1) is 15.2. The summed E-state index contributed by atoms with van der Waals surface area (Å²) in [6, 6.07) is 10.8. The Kier molecular flexibility index (Phi) is 4.58. The number of aromatic nitrogens is 1. The van der Waals surface area contributed by atoms with Crippen LogP contribution in [0.15, 0.2) is 57.8 Å². The summed E-state index contributed by atoms with van der Waals surface area (Å²) < 4.78 is 0. The summed E-state index contributed by atoms with van der Waals surface area (Å²) in [5.41, 5.74) is 5.75. The van der Waals surface area contributed by atoms with E-state index in [0.29, 0.717) is 11.6 Å². The number of aliphatic imine (C=N–C) groups is 2. The molecule has 0 atom stereocenters. The highest BCUT2D eigenvalue weighted by Crippen LogP contribution is 2.33. The zero-order valence-electron chi connectivity index (χ0n) is 17.6. The van der Waals surface area contributed by atoms with E-state index in [-0.39, 0.29) is 0 Å². The van der Waals surface area contributed by atoms with E-state index in [4.69, 9.17) is 21.6 Å². The Morgan fingerprint density at radius 3 is 2.65 bits per heavy atom. The third-order valence-electron chi connectivity index (χ3n) is 6.55. The van der Waals surface area contributed by atoms with Gasteiger partial charge in [0, 0.05) is 60.6 Å². The summed E-state index contributed by atoms with van der Waals surface area (Å²) in [4.78, 5) is 19.6. The molecule has 2 fully saturated rings. The Hall–Kier alpha value is -2.70. The van der Waals surface area contributed by atoms with Crippen LogP contribution in [-0.2, 0) is 0 Å². The summed E-state index contributed by atoms with van der Waals surface area (Å²) in [5.74, 6) is 1.83. The molecule has 1 saturated heterocycles. The fraction of sp³-hybridized carbons (Fsp3) is 0.375. The van der Waals surface area contributed by atoms with Gasteiger partial charge in [-0.25, -0.2) is 9.98 Å². The predicted molar refractivity (Wildman–Crippen MR) is 127 cm³/mol. The van der Waals surface area contributed by atoms with Crippen molar-refractivity contribution >= 4 is 34.7 Å². The molecule has 0 unspecified atom stereocenters. The van der Waals surface area contributed by atoms with Gasteiger partial charge < -0.3 is 10.2 Å². The van der Waals surface area contributed by atoms with Crippen molar-refractivity contribution in [3.63, 3.8) is 0 Å². The molecule has 0 radical (unpaired) electrons. The first-order valence-electron chi connectivity index (χ1n) is 11.0. The van der Waals surface area contributed by atoms with E-state index < -0.39 is 0 Å². The number of nitrogens with zero attached hydrogens (tertiary/aromatic N) is 5. The van der Waals surface area contributed by atoms with Crippen LogP contribution in [0, 0.1) is 0 Å². The van der Waals surface area contributed by atoms with Gasteiger partial charge in [0.25, 0.3) is 0 Å². The second-order valence-corrected chi connectivity index (χ2v) is 9.11. The molecule has 2 aromatic rings. The van der Waals surface area contributed by atoms with Crippen LogP contribution < -0.4 is 10.2 Å². The highest BCUT2D eigenvalue weighted by Gasteiger charge is 2.32. The Labute approximate surface area is 187 Å². The normalized spacial score (nSPS) is 21.2. The molecule has 1 aromatic carbocycles. The molecule has 7 heteroatoms. The van der Waals surface area contributed by atoms with Crippen LogP contribution in [0.4, 0.5) is 11.5 Å². The number of halogens is 1. The van der Waals surface area contributed by atoms with Gasteiger partial charge in [0.1, 0.15) is 11.5 Å². The topological polar surface area (TPSA) is 56.1 Å². The van der Waals surface area contributed by atoms with Gasteiger partial charge in [0.2, 0.25) is 0 Å². The quantitative estimate of drug-likeness (QED) is 0.797. The molecule has 4 heterocycles. The predicted octanol–water partition coefficient (Wildman–Crippen LogP) is 3.97. The van der Waals surface area contributed by atoms with Crippen molar-refractivity contribution in [2.75, 3.05) is 42.9 Å². The van der Waals surface area contributed by atoms with E-state index in [1.54, 1.807) is 0 Å². The molecule has 3 aliphatic heterocycles. The molecule has 31 heavy (non-hydrogen) atoms. The number of benzene rings is 1. The lowest BCUT2D eigenvalue weighted by Crippen LogP contribution is -2.47. The van der Waals surface area contributed by atoms with Crippen molar-refractivity contribution in [2.24, 2.45) is 9.98 Å². The van der Waals surface area contributed by atoms with Crippen molar-refractivity contribution in [3.8, 4) is 0 Å². The van der Waals surface area contributed by atoms with Gasteiger partial charge in [-0.15, -0.1) is 0 Å². The van der Waals surface area contributed by atoms with Crippen LogP contribution in [-0.4, -0.2) is 60.2 Å². The average molecular weight is 433 g/mol. The molecule has 1 aromatic heterocycles. The molecular formula is C24H25ClN6. The summed E-state index contributed by atoms with van der Waals surface area (Å²) in [6.07, 6.45) is 4.66. The third kappa shape index (κ3) is 3.44. The van der Waals surface area contributed by atoms with Gasteiger partial charge in [-0.3, -0.25) is 9.89 Å². The smallest absolute Gasteiger partial charge is 0.152 e.